The van der Waals surface area contributed by atoms with Crippen molar-refractivity contribution in [3.05, 3.63) is 111 Å². The number of piperazine rings is 1. The number of carbonyl (C=O) groups is 2. The fourth-order valence-corrected chi connectivity index (χ4v) is 8.57. The van der Waals surface area contributed by atoms with Crippen LogP contribution >= 0.6 is 11.6 Å². The highest BCUT2D eigenvalue weighted by molar-refractivity contribution is 6.31. The minimum atomic E-state index is -0.190. The standard InChI is InChI=1S/C45H50ClN11O4/c1-2-31-20-40-41(54-42(31)58)19-30(24-48-40)28-55-15-17-56(18-16-55)35-6-10-39(49-27-35)44(60)50-23-29-11-13-57(14-12-29)45-51-25-33(26-52-45)43(59)53-34-4-8-36(9-5-34)61-37-7-3-32(22-47)38(46)21-37/h3,6-7,10,19-21,24-27,29,34,36H,2,4-5,8-9,11-18,23,28H2,1H3,(H,50,60)(H,53,59)(H,54,58). The van der Waals surface area contributed by atoms with Gasteiger partial charge in [0.1, 0.15) is 17.5 Å². The van der Waals surface area contributed by atoms with Crippen molar-refractivity contribution in [2.45, 2.75) is 70.6 Å². The van der Waals surface area contributed by atoms with Crippen molar-refractivity contribution in [3.8, 4) is 11.8 Å². The Morgan fingerprint density at radius 1 is 0.869 bits per heavy atom. The Balaban J connectivity index is 0.722. The highest BCUT2D eigenvalue weighted by atomic mass is 35.5. The lowest BCUT2D eigenvalue weighted by atomic mass is 9.92. The number of pyridine rings is 3. The van der Waals surface area contributed by atoms with E-state index in [4.69, 9.17) is 21.6 Å². The summed E-state index contributed by atoms with van der Waals surface area (Å²) in [4.78, 5) is 66.2. The first-order chi connectivity index (χ1) is 29.7. The van der Waals surface area contributed by atoms with E-state index in [-0.39, 0.29) is 29.5 Å². The van der Waals surface area contributed by atoms with E-state index in [1.54, 1.807) is 42.9 Å². The molecule has 3 fully saturated rings. The number of amides is 2. The lowest BCUT2D eigenvalue weighted by molar-refractivity contribution is 0.0892. The van der Waals surface area contributed by atoms with Crippen LogP contribution < -0.4 is 30.7 Å². The third-order valence-electron chi connectivity index (χ3n) is 12.1. The Hall–Kier alpha value is -6.11. The number of hydrogen-bond donors (Lipinski definition) is 3. The summed E-state index contributed by atoms with van der Waals surface area (Å²) < 4.78 is 6.08. The van der Waals surface area contributed by atoms with Crippen LogP contribution in [0.5, 0.6) is 5.75 Å². The van der Waals surface area contributed by atoms with E-state index in [9.17, 15) is 14.4 Å². The smallest absolute Gasteiger partial charge is 0.269 e. The first-order valence-electron chi connectivity index (χ1n) is 21.2. The summed E-state index contributed by atoms with van der Waals surface area (Å²) in [5, 5.41) is 15.7. The number of fused-ring (bicyclic) bond motifs is 1. The highest BCUT2D eigenvalue weighted by Crippen LogP contribution is 2.28. The minimum absolute atomic E-state index is 0.0210. The fourth-order valence-electron chi connectivity index (χ4n) is 8.36. The van der Waals surface area contributed by atoms with E-state index < -0.39 is 0 Å². The normalized spacial score (nSPS) is 18.7. The van der Waals surface area contributed by atoms with Gasteiger partial charge in [-0.3, -0.25) is 24.3 Å². The van der Waals surface area contributed by atoms with E-state index in [0.29, 0.717) is 52.4 Å². The van der Waals surface area contributed by atoms with Crippen LogP contribution in [0.15, 0.2) is 72.0 Å². The molecule has 2 aliphatic heterocycles. The number of nitrogens with zero attached hydrogens (tertiary/aromatic N) is 8. The van der Waals surface area contributed by atoms with Gasteiger partial charge in [-0.25, -0.2) is 15.0 Å². The zero-order valence-electron chi connectivity index (χ0n) is 34.3. The van der Waals surface area contributed by atoms with Crippen LogP contribution in [0.4, 0.5) is 11.6 Å². The molecule has 0 atom stereocenters. The molecule has 3 aliphatic rings. The van der Waals surface area contributed by atoms with E-state index in [2.05, 4.69) is 56.3 Å². The molecular formula is C45H50ClN11O4. The van der Waals surface area contributed by atoms with E-state index in [1.807, 2.05) is 31.3 Å². The summed E-state index contributed by atoms with van der Waals surface area (Å²) in [6, 6.07) is 14.8. The van der Waals surface area contributed by atoms with Crippen molar-refractivity contribution in [1.29, 1.82) is 5.26 Å². The number of ether oxygens (including phenoxy) is 1. The largest absolute Gasteiger partial charge is 0.490 e. The molecule has 4 aromatic heterocycles. The van der Waals surface area contributed by atoms with Gasteiger partial charge < -0.3 is 30.2 Å². The summed E-state index contributed by atoms with van der Waals surface area (Å²) in [6.45, 7) is 8.23. The van der Waals surface area contributed by atoms with Crippen LogP contribution in [0.2, 0.25) is 5.02 Å². The lowest BCUT2D eigenvalue weighted by Crippen LogP contribution is -2.46. The monoisotopic (exact) mass is 843 g/mol. The molecule has 3 N–H and O–H groups in total. The maximum absolute atomic E-state index is 13.0. The molecule has 0 radical (unpaired) electrons. The summed E-state index contributed by atoms with van der Waals surface area (Å²) in [6.07, 6.45) is 12.5. The van der Waals surface area contributed by atoms with Gasteiger partial charge in [-0.05, 0) is 92.8 Å². The predicted molar refractivity (Wildman–Crippen MR) is 233 cm³/mol. The Kier molecular flexibility index (Phi) is 13.0. The molecule has 0 bridgehead atoms. The maximum Gasteiger partial charge on any atom is 0.269 e. The first kappa shape index (κ1) is 41.6. The third-order valence-corrected chi connectivity index (χ3v) is 12.4. The summed E-state index contributed by atoms with van der Waals surface area (Å²) >= 11 is 6.15. The Morgan fingerprint density at radius 2 is 1.64 bits per heavy atom. The quantitative estimate of drug-likeness (QED) is 0.148. The van der Waals surface area contributed by atoms with Gasteiger partial charge in [0.2, 0.25) is 5.95 Å². The van der Waals surface area contributed by atoms with Gasteiger partial charge in [-0.15, -0.1) is 0 Å². The number of piperidine rings is 1. The lowest BCUT2D eigenvalue weighted by Gasteiger charge is -2.36. The number of rotatable bonds is 12. The SMILES string of the molecule is CCc1cc2ncc(CN3CCN(c4ccc(C(=O)NCC5CCN(c6ncc(C(=O)NC7CCC(Oc8ccc(C#N)c(Cl)c8)CC7)cn6)CC5)nc4)CC3)cc2[nH]c1=O. The van der Waals surface area contributed by atoms with Crippen LogP contribution in [0.25, 0.3) is 11.0 Å². The van der Waals surface area contributed by atoms with E-state index in [1.165, 1.54) is 0 Å². The molecule has 6 heterocycles. The Bertz CT molecular complexity index is 2430. The highest BCUT2D eigenvalue weighted by Gasteiger charge is 2.26. The van der Waals surface area contributed by atoms with Gasteiger partial charge in [0, 0.05) is 88.6 Å². The van der Waals surface area contributed by atoms with Crippen molar-refractivity contribution >= 4 is 46.1 Å². The van der Waals surface area contributed by atoms with Crippen LogP contribution in [0.3, 0.4) is 0 Å². The molecule has 16 heteroatoms. The average Bonchev–Trinajstić information content (AvgIpc) is 3.29. The van der Waals surface area contributed by atoms with Gasteiger partial charge >= 0.3 is 0 Å². The van der Waals surface area contributed by atoms with Gasteiger partial charge in [-0.2, -0.15) is 5.26 Å². The topological polar surface area (TPSA) is 185 Å². The summed E-state index contributed by atoms with van der Waals surface area (Å²) in [5.74, 6) is 1.19. The number of nitrogens with one attached hydrogen (secondary N) is 3. The third kappa shape index (κ3) is 10.3. The number of anilines is 2. The second-order valence-electron chi connectivity index (χ2n) is 16.1. The molecular weight excluding hydrogens is 794 g/mol. The van der Waals surface area contributed by atoms with Crippen molar-refractivity contribution in [2.24, 2.45) is 5.92 Å². The molecule has 5 aromatic rings. The summed E-state index contributed by atoms with van der Waals surface area (Å²) in [7, 11) is 0. The molecule has 0 unspecified atom stereocenters. The molecule has 2 saturated heterocycles. The van der Waals surface area contributed by atoms with Crippen molar-refractivity contribution in [3.63, 3.8) is 0 Å². The number of halogens is 1. The number of H-pyrrole nitrogens is 1. The van der Waals surface area contributed by atoms with Crippen molar-refractivity contribution in [1.82, 2.24) is 40.5 Å². The number of aromatic nitrogens is 5. The first-order valence-corrected chi connectivity index (χ1v) is 21.6. The zero-order chi connectivity index (χ0) is 42.3. The van der Waals surface area contributed by atoms with Gasteiger partial charge in [0.05, 0.1) is 45.2 Å². The molecule has 1 saturated carbocycles. The fraction of sp³-hybridized carbons (Fsp3) is 0.422. The molecule has 61 heavy (non-hydrogen) atoms. The summed E-state index contributed by atoms with van der Waals surface area (Å²) in [5.41, 5.74) is 5.57. The van der Waals surface area contributed by atoms with Crippen molar-refractivity contribution in [2.75, 3.05) is 55.6 Å². The number of hydrogen-bond acceptors (Lipinski definition) is 12. The second-order valence-corrected chi connectivity index (χ2v) is 16.6. The van der Waals surface area contributed by atoms with Crippen molar-refractivity contribution < 1.29 is 14.3 Å². The minimum Gasteiger partial charge on any atom is -0.490 e. The van der Waals surface area contributed by atoms with E-state index in [0.717, 1.165) is 112 Å². The second kappa shape index (κ2) is 19.1. The van der Waals surface area contributed by atoms with Gasteiger partial charge in [0.15, 0.2) is 0 Å². The Morgan fingerprint density at radius 3 is 2.33 bits per heavy atom. The number of aryl methyl sites for hydroxylation is 1. The Labute approximate surface area is 359 Å². The zero-order valence-corrected chi connectivity index (χ0v) is 35.0. The van der Waals surface area contributed by atoms with Gasteiger partial charge in [-0.1, -0.05) is 18.5 Å². The molecule has 8 rings (SSSR count). The molecule has 0 spiro atoms. The van der Waals surface area contributed by atoms with Crippen LogP contribution in [0.1, 0.15) is 83.0 Å². The van der Waals surface area contributed by atoms with Crippen LogP contribution in [-0.4, -0.2) is 99.6 Å². The number of nitriles is 1. The molecule has 316 valence electrons. The molecule has 1 aliphatic carbocycles. The average molecular weight is 844 g/mol. The maximum atomic E-state index is 13.0. The van der Waals surface area contributed by atoms with E-state index >= 15 is 0 Å². The molecule has 2 amide bonds. The van der Waals surface area contributed by atoms with Crippen LogP contribution in [-0.2, 0) is 13.0 Å². The number of carbonyl (C=O) groups excluding carboxylic acids is 2. The van der Waals surface area contributed by atoms with Crippen LogP contribution in [0, 0.1) is 17.2 Å². The number of aromatic amines is 1. The molecule has 15 nitrogen and oxygen atoms in total. The number of benzene rings is 1. The predicted octanol–water partition coefficient (Wildman–Crippen LogP) is 5.28. The van der Waals surface area contributed by atoms with Gasteiger partial charge in [0.25, 0.3) is 17.4 Å². The molecule has 1 aromatic carbocycles.